The van der Waals surface area contributed by atoms with Crippen molar-refractivity contribution < 1.29 is 0 Å². The van der Waals surface area contributed by atoms with Crippen LogP contribution in [0.2, 0.25) is 0 Å². The molecule has 3 unspecified atom stereocenters. The Morgan fingerprint density at radius 3 is 1.66 bits per heavy atom. The topological polar surface area (TPSA) is 3.24 Å². The van der Waals surface area contributed by atoms with E-state index in [1.165, 1.54) is 136 Å². The molecule has 0 aromatic heterocycles. The van der Waals surface area contributed by atoms with Gasteiger partial charge in [0.2, 0.25) is 0 Å². The van der Waals surface area contributed by atoms with E-state index in [1.807, 2.05) is 0 Å². The van der Waals surface area contributed by atoms with Crippen LogP contribution < -0.4 is 4.90 Å². The first-order chi connectivity index (χ1) is 29.0. The molecule has 292 valence electrons. The predicted octanol–water partition coefficient (Wildman–Crippen LogP) is 16.4. The van der Waals surface area contributed by atoms with Gasteiger partial charge in [0.15, 0.2) is 0 Å². The summed E-state index contributed by atoms with van der Waals surface area (Å²) in [5, 5.41) is 0. The SMILES string of the molecule is CC1(C)c2ccc(-c3ccccc3)cc2-c2cc(-c3ccccc3)c(N(c3ccc(-c4ccc(C5CC6CCC5C6)cc4)cc3)c3ccc(C4CCCCC4)cc3)cc21. The van der Waals surface area contributed by atoms with Gasteiger partial charge in [-0.3, -0.25) is 0 Å². The Labute approximate surface area is 351 Å². The third-order valence-electron chi connectivity index (χ3n) is 15.0. The van der Waals surface area contributed by atoms with Gasteiger partial charge in [0, 0.05) is 22.4 Å². The number of nitrogens with zero attached hydrogens (tertiary/aromatic N) is 1. The van der Waals surface area contributed by atoms with Crippen LogP contribution in [0.3, 0.4) is 0 Å². The van der Waals surface area contributed by atoms with Crippen LogP contribution >= 0.6 is 0 Å². The second-order valence-corrected chi connectivity index (χ2v) is 18.7. The van der Waals surface area contributed by atoms with E-state index in [0.717, 1.165) is 17.8 Å². The molecular formula is C58H55N. The molecule has 3 atom stereocenters. The van der Waals surface area contributed by atoms with Gasteiger partial charge in [-0.2, -0.15) is 0 Å². The minimum atomic E-state index is -0.158. The lowest BCUT2D eigenvalue weighted by Gasteiger charge is -2.31. The van der Waals surface area contributed by atoms with Gasteiger partial charge < -0.3 is 4.90 Å². The van der Waals surface area contributed by atoms with Crippen molar-refractivity contribution in [2.45, 2.75) is 88.9 Å². The van der Waals surface area contributed by atoms with Crippen molar-refractivity contribution >= 4 is 17.1 Å². The summed E-state index contributed by atoms with van der Waals surface area (Å²) < 4.78 is 0. The molecule has 4 aliphatic rings. The fourth-order valence-corrected chi connectivity index (χ4v) is 11.8. The van der Waals surface area contributed by atoms with E-state index in [2.05, 4.69) is 183 Å². The van der Waals surface area contributed by atoms with E-state index in [0.29, 0.717) is 5.92 Å². The summed E-state index contributed by atoms with van der Waals surface area (Å²) in [6.45, 7) is 4.82. The van der Waals surface area contributed by atoms with E-state index < -0.39 is 0 Å². The Morgan fingerprint density at radius 2 is 1.02 bits per heavy atom. The molecule has 0 saturated heterocycles. The quantitative estimate of drug-likeness (QED) is 0.149. The molecule has 1 heteroatoms. The summed E-state index contributed by atoms with van der Waals surface area (Å²) >= 11 is 0. The zero-order valence-electron chi connectivity index (χ0n) is 34.7. The maximum atomic E-state index is 2.53. The van der Waals surface area contributed by atoms with Gasteiger partial charge in [-0.25, -0.2) is 0 Å². The maximum Gasteiger partial charge on any atom is 0.0543 e. The molecule has 4 aliphatic carbocycles. The van der Waals surface area contributed by atoms with E-state index in [1.54, 1.807) is 5.56 Å². The molecular weight excluding hydrogens is 711 g/mol. The Balaban J connectivity index is 1.03. The molecule has 0 heterocycles. The standard InChI is InChI=1S/C58H55N/c1-58(2)55-33-28-47(41-14-8-4-9-15-41)36-53(55)54-37-52(45-16-10-5-11-17-45)57(38-56(54)58)59(49-29-24-43(25-30-49)40-12-6-3-7-13-40)50-31-26-44(27-32-50)42-20-22-46(23-21-42)51-35-39-18-19-48(51)34-39/h4-5,8-11,14-17,20-33,36-40,48,51H,3,6-7,12-13,18-19,34-35H2,1-2H3. The molecule has 0 spiro atoms. The highest BCUT2D eigenvalue weighted by molar-refractivity contribution is 5.95. The molecule has 59 heavy (non-hydrogen) atoms. The molecule has 7 aromatic carbocycles. The van der Waals surface area contributed by atoms with E-state index in [4.69, 9.17) is 0 Å². The van der Waals surface area contributed by atoms with Crippen LogP contribution in [-0.4, -0.2) is 0 Å². The van der Waals surface area contributed by atoms with Gasteiger partial charge in [-0.15, -0.1) is 0 Å². The molecule has 7 aromatic rings. The number of rotatable bonds is 8. The lowest BCUT2D eigenvalue weighted by atomic mass is 9.81. The van der Waals surface area contributed by atoms with Crippen LogP contribution in [0.5, 0.6) is 0 Å². The number of hydrogen-bond donors (Lipinski definition) is 0. The first-order valence-corrected chi connectivity index (χ1v) is 22.5. The smallest absolute Gasteiger partial charge is 0.0543 e. The molecule has 0 N–H and O–H groups in total. The average Bonchev–Trinajstić information content (AvgIpc) is 4.00. The van der Waals surface area contributed by atoms with Crippen molar-refractivity contribution in [3.05, 3.63) is 186 Å². The number of fused-ring (bicyclic) bond motifs is 5. The van der Waals surface area contributed by atoms with Crippen molar-refractivity contribution in [2.75, 3.05) is 4.90 Å². The first kappa shape index (κ1) is 36.4. The summed E-state index contributed by atoms with van der Waals surface area (Å²) in [5.74, 6) is 3.30. The van der Waals surface area contributed by atoms with Crippen molar-refractivity contribution in [1.82, 2.24) is 0 Å². The van der Waals surface area contributed by atoms with Crippen molar-refractivity contribution in [3.63, 3.8) is 0 Å². The summed E-state index contributed by atoms with van der Waals surface area (Å²) in [6, 6.07) is 62.6. The third-order valence-corrected chi connectivity index (χ3v) is 15.0. The molecule has 0 aliphatic heterocycles. The third kappa shape index (κ3) is 6.55. The number of benzene rings is 7. The van der Waals surface area contributed by atoms with E-state index in [9.17, 15) is 0 Å². The van der Waals surface area contributed by atoms with Gasteiger partial charge in [-0.05, 0) is 159 Å². The Morgan fingerprint density at radius 1 is 0.441 bits per heavy atom. The van der Waals surface area contributed by atoms with Crippen molar-refractivity contribution in [2.24, 2.45) is 11.8 Å². The van der Waals surface area contributed by atoms with Crippen molar-refractivity contribution in [1.29, 1.82) is 0 Å². The largest absolute Gasteiger partial charge is 0.310 e. The van der Waals surface area contributed by atoms with Crippen LogP contribution in [0.1, 0.15) is 106 Å². The summed E-state index contributed by atoms with van der Waals surface area (Å²) in [6.07, 6.45) is 12.4. The summed E-state index contributed by atoms with van der Waals surface area (Å²) in [4.78, 5) is 2.53. The second-order valence-electron chi connectivity index (χ2n) is 18.7. The van der Waals surface area contributed by atoms with Gasteiger partial charge in [0.1, 0.15) is 0 Å². The van der Waals surface area contributed by atoms with Gasteiger partial charge >= 0.3 is 0 Å². The average molecular weight is 766 g/mol. The first-order valence-electron chi connectivity index (χ1n) is 22.5. The summed E-state index contributed by atoms with van der Waals surface area (Å²) in [7, 11) is 0. The van der Waals surface area contributed by atoms with E-state index >= 15 is 0 Å². The lowest BCUT2D eigenvalue weighted by Crippen LogP contribution is -2.17. The molecule has 3 saturated carbocycles. The molecule has 1 nitrogen and oxygen atoms in total. The fraction of sp³-hybridized carbons (Fsp3) is 0.276. The van der Waals surface area contributed by atoms with Gasteiger partial charge in [-0.1, -0.05) is 161 Å². The highest BCUT2D eigenvalue weighted by atomic mass is 15.1. The van der Waals surface area contributed by atoms with Gasteiger partial charge in [0.25, 0.3) is 0 Å². The summed E-state index contributed by atoms with van der Waals surface area (Å²) in [5.41, 5.74) is 19.5. The maximum absolute atomic E-state index is 2.53. The molecule has 3 fully saturated rings. The fourth-order valence-electron chi connectivity index (χ4n) is 11.8. The van der Waals surface area contributed by atoms with Crippen LogP contribution in [0, 0.1) is 11.8 Å². The minimum absolute atomic E-state index is 0.158. The number of anilines is 3. The van der Waals surface area contributed by atoms with Crippen LogP contribution in [0.4, 0.5) is 17.1 Å². The van der Waals surface area contributed by atoms with Crippen LogP contribution in [0.25, 0.3) is 44.5 Å². The highest BCUT2D eigenvalue weighted by Gasteiger charge is 2.40. The Kier molecular flexibility index (Phi) is 9.18. The minimum Gasteiger partial charge on any atom is -0.310 e. The van der Waals surface area contributed by atoms with E-state index in [-0.39, 0.29) is 5.41 Å². The van der Waals surface area contributed by atoms with Crippen molar-refractivity contribution in [3.8, 4) is 44.5 Å². The normalized spacial score (nSPS) is 20.3. The second kappa shape index (κ2) is 14.9. The molecule has 11 rings (SSSR count). The number of hydrogen-bond acceptors (Lipinski definition) is 1. The monoisotopic (exact) mass is 765 g/mol. The van der Waals surface area contributed by atoms with Gasteiger partial charge in [0.05, 0.1) is 5.69 Å². The zero-order valence-corrected chi connectivity index (χ0v) is 34.7. The zero-order chi connectivity index (χ0) is 39.5. The molecule has 0 radical (unpaired) electrons. The molecule has 0 amide bonds. The molecule has 2 bridgehead atoms. The Hall–Kier alpha value is -5.66. The van der Waals surface area contributed by atoms with Crippen LogP contribution in [-0.2, 0) is 5.41 Å². The predicted molar refractivity (Wildman–Crippen MR) is 249 cm³/mol. The Bertz CT molecular complexity index is 2590. The lowest BCUT2D eigenvalue weighted by molar-refractivity contribution is 0.420. The highest BCUT2D eigenvalue weighted by Crippen LogP contribution is 2.55. The van der Waals surface area contributed by atoms with Crippen LogP contribution in [0.15, 0.2) is 164 Å².